The minimum absolute atomic E-state index is 0.105. The fraction of sp³-hybridized carbons (Fsp3) is 0.312. The molecule has 146 valence electrons. The number of aromatic nitrogens is 2. The highest BCUT2D eigenvalue weighted by molar-refractivity contribution is 7.89. The van der Waals surface area contributed by atoms with Gasteiger partial charge in [0.15, 0.2) is 0 Å². The summed E-state index contributed by atoms with van der Waals surface area (Å²) in [6.45, 7) is -0.256. The molecular weight excluding hydrogens is 378 g/mol. The number of carbonyl (C=O) groups is 1. The van der Waals surface area contributed by atoms with Crippen molar-refractivity contribution in [3.63, 3.8) is 0 Å². The van der Waals surface area contributed by atoms with E-state index in [0.29, 0.717) is 10.1 Å². The van der Waals surface area contributed by atoms with Crippen LogP contribution in [0.1, 0.15) is 6.42 Å². The van der Waals surface area contributed by atoms with E-state index >= 15 is 0 Å². The molecule has 27 heavy (non-hydrogen) atoms. The summed E-state index contributed by atoms with van der Waals surface area (Å²) >= 11 is 0. The van der Waals surface area contributed by atoms with E-state index in [-0.39, 0.29) is 17.9 Å². The molecule has 0 aliphatic heterocycles. The average Bonchev–Trinajstić information content (AvgIpc) is 2.63. The molecular formula is C16H19N3O7S. The lowest BCUT2D eigenvalue weighted by atomic mass is 10.2. The molecule has 0 fully saturated rings. The first-order chi connectivity index (χ1) is 12.7. The second-order valence-corrected chi connectivity index (χ2v) is 7.61. The van der Waals surface area contributed by atoms with Gasteiger partial charge in [-0.05, 0) is 30.7 Å². The molecule has 0 radical (unpaired) electrons. The molecule has 2 aromatic rings. The molecule has 1 aromatic heterocycles. The second kappa shape index (κ2) is 8.18. The van der Waals surface area contributed by atoms with E-state index in [4.69, 9.17) is 4.74 Å². The summed E-state index contributed by atoms with van der Waals surface area (Å²) in [5.41, 5.74) is -1.31. The Bertz CT molecular complexity index is 997. The van der Waals surface area contributed by atoms with E-state index in [1.165, 1.54) is 37.6 Å². The Balaban J connectivity index is 2.28. The molecule has 10 nitrogen and oxygen atoms in total. The zero-order valence-electron chi connectivity index (χ0n) is 14.7. The fourth-order valence-corrected chi connectivity index (χ4v) is 3.80. The van der Waals surface area contributed by atoms with Crippen molar-refractivity contribution >= 4 is 16.0 Å². The number of ether oxygens (including phenoxy) is 1. The first kappa shape index (κ1) is 20.4. The van der Waals surface area contributed by atoms with Crippen LogP contribution in [0.2, 0.25) is 0 Å². The van der Waals surface area contributed by atoms with Gasteiger partial charge in [0, 0.05) is 25.9 Å². The summed E-state index contributed by atoms with van der Waals surface area (Å²) in [5, 5.41) is 9.45. The number of nitrogens with zero attached hydrogens (tertiary/aromatic N) is 2. The number of rotatable bonds is 8. The molecule has 0 bridgehead atoms. The third-order valence-corrected chi connectivity index (χ3v) is 5.91. The molecule has 0 saturated carbocycles. The van der Waals surface area contributed by atoms with Gasteiger partial charge in [-0.3, -0.25) is 14.2 Å². The summed E-state index contributed by atoms with van der Waals surface area (Å²) in [7, 11) is -1.54. The summed E-state index contributed by atoms with van der Waals surface area (Å²) in [4.78, 5) is 37.2. The maximum atomic E-state index is 12.7. The molecule has 1 unspecified atom stereocenters. The first-order valence-electron chi connectivity index (χ1n) is 7.82. The van der Waals surface area contributed by atoms with Crippen LogP contribution in [0.4, 0.5) is 0 Å². The van der Waals surface area contributed by atoms with E-state index in [1.807, 2.05) is 0 Å². The number of carboxylic acid groups (broad SMARTS) is 1. The number of sulfonamides is 1. The number of carboxylic acids is 1. The van der Waals surface area contributed by atoms with Crippen LogP contribution in [0.5, 0.6) is 5.75 Å². The Labute approximate surface area is 154 Å². The number of hydrogen-bond donors (Lipinski definition) is 2. The van der Waals surface area contributed by atoms with E-state index in [9.17, 15) is 27.9 Å². The molecule has 0 spiro atoms. The van der Waals surface area contributed by atoms with Crippen LogP contribution >= 0.6 is 0 Å². The SMILES string of the molecule is COc1ccc(S(=O)(=O)N(C)C(CCn2c(=O)cc[nH]c2=O)C(=O)O)cc1. The molecule has 0 amide bonds. The summed E-state index contributed by atoms with van der Waals surface area (Å²) < 4.78 is 31.9. The van der Waals surface area contributed by atoms with Gasteiger partial charge in [-0.2, -0.15) is 4.31 Å². The Hall–Kier alpha value is -2.92. The minimum Gasteiger partial charge on any atom is -0.497 e. The van der Waals surface area contributed by atoms with Crippen molar-refractivity contribution < 1.29 is 23.1 Å². The van der Waals surface area contributed by atoms with Crippen LogP contribution in [-0.4, -0.2) is 53.5 Å². The van der Waals surface area contributed by atoms with E-state index in [1.54, 1.807) is 0 Å². The molecule has 0 aliphatic rings. The average molecular weight is 397 g/mol. The monoisotopic (exact) mass is 397 g/mol. The minimum atomic E-state index is -4.11. The third-order valence-electron chi connectivity index (χ3n) is 4.03. The smallest absolute Gasteiger partial charge is 0.328 e. The van der Waals surface area contributed by atoms with Crippen molar-refractivity contribution in [2.75, 3.05) is 14.2 Å². The molecule has 0 saturated heterocycles. The number of aliphatic carboxylic acids is 1. The highest BCUT2D eigenvalue weighted by Gasteiger charge is 2.32. The van der Waals surface area contributed by atoms with Crippen LogP contribution in [-0.2, 0) is 21.4 Å². The zero-order chi connectivity index (χ0) is 20.2. The fourth-order valence-electron chi connectivity index (χ4n) is 2.46. The van der Waals surface area contributed by atoms with Crippen molar-refractivity contribution in [1.82, 2.24) is 13.9 Å². The Morgan fingerprint density at radius 2 is 1.89 bits per heavy atom. The van der Waals surface area contributed by atoms with Gasteiger partial charge < -0.3 is 14.8 Å². The Morgan fingerprint density at radius 1 is 1.26 bits per heavy atom. The molecule has 1 aromatic carbocycles. The number of hydrogen-bond acceptors (Lipinski definition) is 6. The van der Waals surface area contributed by atoms with E-state index < -0.39 is 33.3 Å². The number of H-pyrrole nitrogens is 1. The molecule has 2 rings (SSSR count). The summed E-state index contributed by atoms with van der Waals surface area (Å²) in [6, 6.07) is 5.14. The number of nitrogens with one attached hydrogen (secondary N) is 1. The lowest BCUT2D eigenvalue weighted by Gasteiger charge is -2.24. The van der Waals surface area contributed by atoms with Crippen molar-refractivity contribution in [1.29, 1.82) is 0 Å². The van der Waals surface area contributed by atoms with Crippen LogP contribution in [0.15, 0.2) is 51.0 Å². The standard InChI is InChI=1S/C16H19N3O7S/c1-18(27(24,25)12-5-3-11(26-2)4-6-12)13(15(21)22)8-10-19-14(20)7-9-17-16(19)23/h3-7,9,13H,8,10H2,1-2H3,(H,17,23)(H,21,22). The number of likely N-dealkylation sites (N-methyl/N-ethyl adjacent to an activating group) is 1. The number of methoxy groups -OCH3 is 1. The predicted octanol–water partition coefficient (Wildman–Crippen LogP) is -0.291. The zero-order valence-corrected chi connectivity index (χ0v) is 15.5. The van der Waals surface area contributed by atoms with Gasteiger partial charge >= 0.3 is 11.7 Å². The van der Waals surface area contributed by atoms with Gasteiger partial charge in [0.05, 0.1) is 12.0 Å². The van der Waals surface area contributed by atoms with Gasteiger partial charge in [-0.25, -0.2) is 13.2 Å². The molecule has 11 heteroatoms. The van der Waals surface area contributed by atoms with E-state index in [0.717, 1.165) is 17.7 Å². The number of benzene rings is 1. The van der Waals surface area contributed by atoms with Crippen LogP contribution < -0.4 is 16.0 Å². The van der Waals surface area contributed by atoms with Gasteiger partial charge in [0.25, 0.3) is 5.56 Å². The highest BCUT2D eigenvalue weighted by atomic mass is 32.2. The normalized spacial score (nSPS) is 12.7. The van der Waals surface area contributed by atoms with Crippen molar-refractivity contribution in [3.05, 3.63) is 57.4 Å². The van der Waals surface area contributed by atoms with Crippen LogP contribution in [0.25, 0.3) is 0 Å². The van der Waals surface area contributed by atoms with Crippen LogP contribution in [0, 0.1) is 0 Å². The second-order valence-electron chi connectivity index (χ2n) is 5.61. The van der Waals surface area contributed by atoms with Gasteiger partial charge in [-0.1, -0.05) is 0 Å². The van der Waals surface area contributed by atoms with Gasteiger partial charge in [-0.15, -0.1) is 0 Å². The lowest BCUT2D eigenvalue weighted by molar-refractivity contribution is -0.141. The molecule has 0 aliphatic carbocycles. The van der Waals surface area contributed by atoms with Crippen molar-refractivity contribution in [2.24, 2.45) is 0 Å². The van der Waals surface area contributed by atoms with Crippen LogP contribution in [0.3, 0.4) is 0 Å². The predicted molar refractivity (Wildman–Crippen MR) is 95.3 cm³/mol. The maximum absolute atomic E-state index is 12.7. The quantitative estimate of drug-likeness (QED) is 0.624. The topological polar surface area (TPSA) is 139 Å². The molecule has 1 heterocycles. The Morgan fingerprint density at radius 3 is 2.41 bits per heavy atom. The van der Waals surface area contributed by atoms with Crippen molar-refractivity contribution in [3.8, 4) is 5.75 Å². The molecule has 1 atom stereocenters. The van der Waals surface area contributed by atoms with Crippen molar-refractivity contribution in [2.45, 2.75) is 23.9 Å². The van der Waals surface area contributed by atoms with Gasteiger partial charge in [0.2, 0.25) is 10.0 Å². The van der Waals surface area contributed by atoms with E-state index in [2.05, 4.69) is 4.98 Å². The first-order valence-corrected chi connectivity index (χ1v) is 9.26. The summed E-state index contributed by atoms with van der Waals surface area (Å²) in [6.07, 6.45) is 0.907. The third kappa shape index (κ3) is 4.44. The lowest BCUT2D eigenvalue weighted by Crippen LogP contribution is -2.44. The summed E-state index contributed by atoms with van der Waals surface area (Å²) in [5.74, 6) is -0.941. The maximum Gasteiger partial charge on any atom is 0.328 e. The van der Waals surface area contributed by atoms with Gasteiger partial charge in [0.1, 0.15) is 11.8 Å². The highest BCUT2D eigenvalue weighted by Crippen LogP contribution is 2.21. The molecule has 2 N–H and O–H groups in total. The largest absolute Gasteiger partial charge is 0.497 e. The number of aromatic amines is 1. The Kier molecular flexibility index (Phi) is 6.18.